The molecule has 0 radical (unpaired) electrons. The number of rotatable bonds is 3. The molecule has 0 heterocycles. The van der Waals surface area contributed by atoms with Crippen LogP contribution in [-0.2, 0) is 6.42 Å². The van der Waals surface area contributed by atoms with Crippen LogP contribution in [0.2, 0.25) is 0 Å². The van der Waals surface area contributed by atoms with Crippen LogP contribution in [0.15, 0.2) is 48.5 Å². The van der Waals surface area contributed by atoms with Gasteiger partial charge in [-0.1, -0.05) is 71.1 Å². The predicted octanol–water partition coefficient (Wildman–Crippen LogP) is 5.02. The van der Waals surface area contributed by atoms with Crippen LogP contribution >= 0.6 is 22.6 Å². The van der Waals surface area contributed by atoms with Gasteiger partial charge in [-0.2, -0.15) is 0 Å². The van der Waals surface area contributed by atoms with Gasteiger partial charge in [-0.15, -0.1) is 0 Å². The molecular formula is C16H17I. The first-order valence-electron chi connectivity index (χ1n) is 5.92. The van der Waals surface area contributed by atoms with Crippen molar-refractivity contribution in [2.75, 3.05) is 0 Å². The summed E-state index contributed by atoms with van der Waals surface area (Å²) >= 11 is 2.55. The molecule has 0 aliphatic carbocycles. The molecule has 0 saturated heterocycles. The lowest BCUT2D eigenvalue weighted by atomic mass is 9.98. The molecule has 0 aliphatic rings. The largest absolute Gasteiger partial charge is 0.0770 e. The van der Waals surface area contributed by atoms with Gasteiger partial charge in [-0.25, -0.2) is 0 Å². The monoisotopic (exact) mass is 336 g/mol. The van der Waals surface area contributed by atoms with Crippen LogP contribution in [-0.4, -0.2) is 0 Å². The van der Waals surface area contributed by atoms with E-state index in [-0.39, 0.29) is 0 Å². The highest BCUT2D eigenvalue weighted by molar-refractivity contribution is 14.1. The Morgan fingerprint density at radius 2 is 1.47 bits per heavy atom. The van der Waals surface area contributed by atoms with Gasteiger partial charge in [0.1, 0.15) is 0 Å². The number of benzene rings is 2. The summed E-state index contributed by atoms with van der Waals surface area (Å²) in [6.07, 6.45) is 1.11. The molecule has 0 saturated carbocycles. The van der Waals surface area contributed by atoms with Crippen molar-refractivity contribution in [3.8, 4) is 0 Å². The van der Waals surface area contributed by atoms with Crippen LogP contribution in [0.4, 0.5) is 0 Å². The van der Waals surface area contributed by atoms with E-state index >= 15 is 0 Å². The number of hydrogen-bond donors (Lipinski definition) is 0. The third-order valence-electron chi connectivity index (χ3n) is 3.19. The Kier molecular flexibility index (Phi) is 4.21. The molecule has 0 N–H and O–H groups in total. The number of halogens is 1. The van der Waals surface area contributed by atoms with E-state index in [0.717, 1.165) is 6.42 Å². The predicted molar refractivity (Wildman–Crippen MR) is 82.8 cm³/mol. The minimum absolute atomic E-state index is 0.551. The van der Waals surface area contributed by atoms with Gasteiger partial charge in [0, 0.05) is 3.92 Å². The fraction of sp³-hybridized carbons (Fsp3) is 0.250. The van der Waals surface area contributed by atoms with Crippen molar-refractivity contribution in [2.24, 2.45) is 0 Å². The maximum absolute atomic E-state index is 2.55. The number of aryl methyl sites for hydroxylation is 2. The lowest BCUT2D eigenvalue weighted by molar-refractivity contribution is 0.945. The molecular weight excluding hydrogens is 319 g/mol. The summed E-state index contributed by atoms with van der Waals surface area (Å²) in [5.74, 6) is 0. The fourth-order valence-corrected chi connectivity index (χ4v) is 3.25. The molecule has 88 valence electrons. The molecule has 0 aliphatic heterocycles. The van der Waals surface area contributed by atoms with E-state index < -0.39 is 0 Å². The number of alkyl halides is 1. The minimum atomic E-state index is 0.551. The Hall–Kier alpha value is -0.830. The van der Waals surface area contributed by atoms with E-state index in [0.29, 0.717) is 3.92 Å². The lowest BCUT2D eigenvalue weighted by Gasteiger charge is -2.14. The zero-order valence-corrected chi connectivity index (χ0v) is 12.4. The Morgan fingerprint density at radius 3 is 2.12 bits per heavy atom. The van der Waals surface area contributed by atoms with Crippen molar-refractivity contribution in [1.82, 2.24) is 0 Å². The molecule has 17 heavy (non-hydrogen) atoms. The Bertz CT molecular complexity index is 502. The Morgan fingerprint density at radius 1 is 0.882 bits per heavy atom. The molecule has 0 amide bonds. The van der Waals surface area contributed by atoms with Crippen LogP contribution in [0, 0.1) is 13.8 Å². The SMILES string of the molecule is Cc1ccccc1CC(I)c1ccccc1C. The first-order valence-corrected chi connectivity index (χ1v) is 7.17. The molecule has 0 bridgehead atoms. The molecule has 0 spiro atoms. The van der Waals surface area contributed by atoms with Crippen molar-refractivity contribution in [3.05, 3.63) is 70.8 Å². The maximum atomic E-state index is 2.55. The summed E-state index contributed by atoms with van der Waals surface area (Å²) in [5, 5.41) is 0. The van der Waals surface area contributed by atoms with Gasteiger partial charge >= 0.3 is 0 Å². The molecule has 1 atom stereocenters. The van der Waals surface area contributed by atoms with Crippen molar-refractivity contribution in [2.45, 2.75) is 24.2 Å². The van der Waals surface area contributed by atoms with Crippen molar-refractivity contribution in [1.29, 1.82) is 0 Å². The summed E-state index contributed by atoms with van der Waals surface area (Å²) in [7, 11) is 0. The zero-order valence-electron chi connectivity index (χ0n) is 10.3. The maximum Gasteiger partial charge on any atom is 0.0402 e. The lowest BCUT2D eigenvalue weighted by Crippen LogP contribution is -1.99. The smallest absolute Gasteiger partial charge is 0.0402 e. The summed E-state index contributed by atoms with van der Waals surface area (Å²) < 4.78 is 0.551. The molecule has 0 aromatic heterocycles. The second-order valence-corrected chi connectivity index (χ2v) is 5.96. The van der Waals surface area contributed by atoms with Crippen LogP contribution in [0.25, 0.3) is 0 Å². The van der Waals surface area contributed by atoms with Crippen molar-refractivity contribution < 1.29 is 0 Å². The van der Waals surface area contributed by atoms with Crippen LogP contribution in [0.3, 0.4) is 0 Å². The standard InChI is InChI=1S/C16H17I/c1-12-7-3-5-9-14(12)11-16(17)15-10-6-4-8-13(15)2/h3-10,16H,11H2,1-2H3. The van der Waals surface area contributed by atoms with E-state index in [2.05, 4.69) is 85.0 Å². The third-order valence-corrected chi connectivity index (χ3v) is 4.30. The zero-order chi connectivity index (χ0) is 12.3. The number of hydrogen-bond acceptors (Lipinski definition) is 0. The summed E-state index contributed by atoms with van der Waals surface area (Å²) in [4.78, 5) is 0. The summed E-state index contributed by atoms with van der Waals surface area (Å²) in [6, 6.07) is 17.3. The molecule has 2 aromatic carbocycles. The Balaban J connectivity index is 2.20. The average Bonchev–Trinajstić information content (AvgIpc) is 2.32. The van der Waals surface area contributed by atoms with Crippen LogP contribution < -0.4 is 0 Å². The quantitative estimate of drug-likeness (QED) is 0.545. The normalized spacial score (nSPS) is 12.4. The summed E-state index contributed by atoms with van der Waals surface area (Å²) in [5.41, 5.74) is 5.69. The van der Waals surface area contributed by atoms with E-state index in [1.165, 1.54) is 22.3 Å². The van der Waals surface area contributed by atoms with Gasteiger partial charge in [0.25, 0.3) is 0 Å². The van der Waals surface area contributed by atoms with Gasteiger partial charge in [0.15, 0.2) is 0 Å². The van der Waals surface area contributed by atoms with Gasteiger partial charge in [-0.05, 0) is 42.5 Å². The second-order valence-electron chi connectivity index (χ2n) is 4.45. The van der Waals surface area contributed by atoms with Crippen molar-refractivity contribution >= 4 is 22.6 Å². The third kappa shape index (κ3) is 3.09. The topological polar surface area (TPSA) is 0 Å². The van der Waals surface area contributed by atoms with E-state index in [1.807, 2.05) is 0 Å². The highest BCUT2D eigenvalue weighted by Gasteiger charge is 2.11. The van der Waals surface area contributed by atoms with Crippen molar-refractivity contribution in [3.63, 3.8) is 0 Å². The molecule has 1 unspecified atom stereocenters. The van der Waals surface area contributed by atoms with Gasteiger partial charge in [0.2, 0.25) is 0 Å². The summed E-state index contributed by atoms with van der Waals surface area (Å²) in [6.45, 7) is 4.38. The van der Waals surface area contributed by atoms with Gasteiger partial charge in [0.05, 0.1) is 0 Å². The highest BCUT2D eigenvalue weighted by atomic mass is 127. The van der Waals surface area contributed by atoms with E-state index in [9.17, 15) is 0 Å². The molecule has 1 heteroatoms. The molecule has 0 fully saturated rings. The van der Waals surface area contributed by atoms with E-state index in [1.54, 1.807) is 0 Å². The second kappa shape index (κ2) is 5.67. The molecule has 2 rings (SSSR count). The first-order chi connectivity index (χ1) is 8.18. The van der Waals surface area contributed by atoms with E-state index in [4.69, 9.17) is 0 Å². The van der Waals surface area contributed by atoms with Gasteiger partial charge in [-0.3, -0.25) is 0 Å². The highest BCUT2D eigenvalue weighted by Crippen LogP contribution is 2.30. The van der Waals surface area contributed by atoms with Crippen LogP contribution in [0.5, 0.6) is 0 Å². The molecule has 0 nitrogen and oxygen atoms in total. The average molecular weight is 336 g/mol. The van der Waals surface area contributed by atoms with Gasteiger partial charge < -0.3 is 0 Å². The fourth-order valence-electron chi connectivity index (χ4n) is 2.08. The molecule has 2 aromatic rings. The Labute approximate surface area is 117 Å². The van der Waals surface area contributed by atoms with Crippen LogP contribution in [0.1, 0.15) is 26.2 Å². The minimum Gasteiger partial charge on any atom is -0.0770 e. The first kappa shape index (κ1) is 12.6.